The van der Waals surface area contributed by atoms with Crippen molar-refractivity contribution in [3.05, 3.63) is 39.3 Å². The lowest BCUT2D eigenvalue weighted by Gasteiger charge is -2.31. The van der Waals surface area contributed by atoms with Crippen molar-refractivity contribution < 1.29 is 9.82 Å². The zero-order valence-corrected chi connectivity index (χ0v) is 13.1. The van der Waals surface area contributed by atoms with E-state index in [0.717, 1.165) is 26.2 Å². The number of aromatic amines is 1. The Hall–Kier alpha value is -3.08. The molecule has 2 aromatic rings. The number of hydrogen-bond donors (Lipinski definition) is 2. The van der Waals surface area contributed by atoms with E-state index in [-0.39, 0.29) is 16.6 Å². The molecule has 11 heteroatoms. The number of rotatable bonds is 5. The minimum atomic E-state index is -0.367. The highest BCUT2D eigenvalue weighted by Crippen LogP contribution is 2.29. The zero-order valence-electron chi connectivity index (χ0n) is 13.1. The fourth-order valence-electron chi connectivity index (χ4n) is 2.51. The summed E-state index contributed by atoms with van der Waals surface area (Å²) in [5.41, 5.74) is 5.01. The zero-order chi connectivity index (χ0) is 16.9. The largest absolute Gasteiger partial charge is 0.355 e. The van der Waals surface area contributed by atoms with Crippen LogP contribution in [0, 0.1) is 10.1 Å². The Balaban J connectivity index is 1.77. The lowest BCUT2D eigenvalue weighted by atomic mass is 10.1. The van der Waals surface area contributed by atoms with Gasteiger partial charge in [0.15, 0.2) is 0 Å². The first kappa shape index (κ1) is 15.8. The molecule has 0 saturated carbocycles. The Labute approximate surface area is 137 Å². The van der Waals surface area contributed by atoms with E-state index in [0.29, 0.717) is 11.3 Å². The van der Waals surface area contributed by atoms with Gasteiger partial charge in [-0.3, -0.25) is 31.0 Å². The SMILES string of the molecule is C[NH+]1CCN(c2ccc(/C=N/[N-]c3nn[nH]n3)cc2[N+](=O)[O-])CC1. The third kappa shape index (κ3) is 3.63. The van der Waals surface area contributed by atoms with E-state index in [1.54, 1.807) is 12.1 Å². The molecule has 0 aliphatic carbocycles. The van der Waals surface area contributed by atoms with Gasteiger partial charge in [0.1, 0.15) is 5.69 Å². The molecule has 11 nitrogen and oxygen atoms in total. The van der Waals surface area contributed by atoms with Gasteiger partial charge in [-0.15, -0.1) is 5.21 Å². The van der Waals surface area contributed by atoms with Crippen molar-refractivity contribution in [2.24, 2.45) is 5.10 Å². The van der Waals surface area contributed by atoms with E-state index >= 15 is 0 Å². The molecule has 1 aliphatic heterocycles. The average Bonchev–Trinajstić information content (AvgIpc) is 3.09. The van der Waals surface area contributed by atoms with E-state index in [9.17, 15) is 10.1 Å². The van der Waals surface area contributed by atoms with Gasteiger partial charge >= 0.3 is 0 Å². The first-order chi connectivity index (χ1) is 11.6. The quantitative estimate of drug-likeness (QED) is 0.430. The van der Waals surface area contributed by atoms with Crippen molar-refractivity contribution in [2.45, 2.75) is 0 Å². The molecule has 2 heterocycles. The van der Waals surface area contributed by atoms with Crippen LogP contribution < -0.4 is 9.80 Å². The predicted octanol–water partition coefficient (Wildman–Crippen LogP) is -0.518. The van der Waals surface area contributed by atoms with Crippen LogP contribution in [-0.2, 0) is 0 Å². The maximum Gasteiger partial charge on any atom is 0.293 e. The second-order valence-corrected chi connectivity index (χ2v) is 5.51. The molecule has 2 N–H and O–H groups in total. The van der Waals surface area contributed by atoms with Gasteiger partial charge < -0.3 is 9.80 Å². The second kappa shape index (κ2) is 7.00. The average molecular weight is 331 g/mol. The van der Waals surface area contributed by atoms with Crippen LogP contribution in [0.3, 0.4) is 0 Å². The summed E-state index contributed by atoms with van der Waals surface area (Å²) in [6.07, 6.45) is 1.42. The van der Waals surface area contributed by atoms with Crippen LogP contribution in [0.2, 0.25) is 0 Å². The van der Waals surface area contributed by atoms with Crippen molar-refractivity contribution in [2.75, 3.05) is 38.1 Å². The number of hydrogen-bond acceptors (Lipinski definition) is 7. The van der Waals surface area contributed by atoms with Gasteiger partial charge in [0.05, 0.1) is 44.1 Å². The van der Waals surface area contributed by atoms with E-state index in [4.69, 9.17) is 0 Å². The van der Waals surface area contributed by atoms with Crippen LogP contribution in [0.4, 0.5) is 17.3 Å². The molecular weight excluding hydrogens is 314 g/mol. The minimum absolute atomic E-state index is 0.0677. The van der Waals surface area contributed by atoms with Crippen molar-refractivity contribution in [3.8, 4) is 0 Å². The molecule has 0 unspecified atom stereocenters. The summed E-state index contributed by atoms with van der Waals surface area (Å²) in [6.45, 7) is 3.52. The number of likely N-dealkylation sites (N-methyl/N-ethyl adjacent to an activating group) is 1. The smallest absolute Gasteiger partial charge is 0.293 e. The van der Waals surface area contributed by atoms with Gasteiger partial charge in [0.2, 0.25) is 0 Å². The van der Waals surface area contributed by atoms with Gasteiger partial charge in [-0.1, -0.05) is 6.07 Å². The van der Waals surface area contributed by atoms with Crippen molar-refractivity contribution in [3.63, 3.8) is 0 Å². The number of nitrogens with zero attached hydrogens (tertiary/aromatic N) is 7. The van der Waals surface area contributed by atoms with Crippen LogP contribution in [-0.4, -0.2) is 65.0 Å². The Kier molecular flexibility index (Phi) is 4.61. The van der Waals surface area contributed by atoms with Crippen LogP contribution in [0.5, 0.6) is 0 Å². The summed E-state index contributed by atoms with van der Waals surface area (Å²) in [7, 11) is 2.12. The molecule has 1 aromatic heterocycles. The highest BCUT2D eigenvalue weighted by molar-refractivity contribution is 5.84. The highest BCUT2D eigenvalue weighted by Gasteiger charge is 2.24. The summed E-state index contributed by atoms with van der Waals surface area (Å²) in [6, 6.07) is 5.03. The molecular formula is C13H17N9O2. The van der Waals surface area contributed by atoms with Gasteiger partial charge in [-0.25, -0.2) is 5.10 Å². The van der Waals surface area contributed by atoms with Gasteiger partial charge in [-0.2, -0.15) is 0 Å². The number of nitrogens with one attached hydrogen (secondary N) is 2. The summed E-state index contributed by atoms with van der Waals surface area (Å²) >= 11 is 0. The third-order valence-corrected chi connectivity index (χ3v) is 3.84. The van der Waals surface area contributed by atoms with E-state index in [2.05, 4.69) is 43.1 Å². The van der Waals surface area contributed by atoms with Gasteiger partial charge in [0, 0.05) is 17.8 Å². The summed E-state index contributed by atoms with van der Waals surface area (Å²) in [5, 5.41) is 28.1. The Bertz CT molecular complexity index is 723. The fourth-order valence-corrected chi connectivity index (χ4v) is 2.51. The van der Waals surface area contributed by atoms with Crippen molar-refractivity contribution >= 4 is 23.5 Å². The third-order valence-electron chi connectivity index (χ3n) is 3.84. The molecule has 1 saturated heterocycles. The van der Waals surface area contributed by atoms with E-state index in [1.807, 2.05) is 0 Å². The first-order valence-electron chi connectivity index (χ1n) is 7.45. The van der Waals surface area contributed by atoms with Crippen LogP contribution in [0.25, 0.3) is 5.43 Å². The Morgan fingerprint density at radius 1 is 1.46 bits per heavy atom. The lowest BCUT2D eigenvalue weighted by Crippen LogP contribution is -3.12. The van der Waals surface area contributed by atoms with Crippen LogP contribution in [0.1, 0.15) is 5.56 Å². The topological polar surface area (TPSA) is 132 Å². The number of quaternary nitrogens is 1. The number of anilines is 1. The molecule has 1 aliphatic rings. The maximum absolute atomic E-state index is 11.4. The predicted molar refractivity (Wildman–Crippen MR) is 86.7 cm³/mol. The number of nitro groups is 1. The molecule has 0 atom stereocenters. The monoisotopic (exact) mass is 331 g/mol. The normalized spacial score (nSPS) is 15.8. The van der Waals surface area contributed by atoms with Gasteiger partial charge in [-0.05, 0) is 6.07 Å². The molecule has 24 heavy (non-hydrogen) atoms. The minimum Gasteiger partial charge on any atom is -0.355 e. The Morgan fingerprint density at radius 3 is 2.92 bits per heavy atom. The molecule has 0 spiro atoms. The molecule has 3 rings (SSSR count). The molecule has 0 radical (unpaired) electrons. The highest BCUT2D eigenvalue weighted by atomic mass is 16.6. The molecule has 1 aromatic carbocycles. The molecule has 0 amide bonds. The lowest BCUT2D eigenvalue weighted by molar-refractivity contribution is -0.880. The fraction of sp³-hybridized carbons (Fsp3) is 0.385. The standard InChI is InChI=1S/C13H16N9O2/c1-20-4-6-21(7-5-20)11-3-2-10(8-12(11)22(23)24)9-14-15-13-16-18-19-17-13/h2-3,8-9H,4-7H2,1H3,(H-,15,16,17,18,19)/q-1/p+1/b14-9+. The number of nitro benzene ring substituents is 1. The molecule has 1 fully saturated rings. The maximum atomic E-state index is 11.4. The number of aromatic nitrogens is 4. The van der Waals surface area contributed by atoms with Gasteiger partial charge in [0.25, 0.3) is 5.69 Å². The summed E-state index contributed by atoms with van der Waals surface area (Å²) in [5.74, 6) is 0.0947. The molecule has 126 valence electrons. The number of H-pyrrole nitrogens is 1. The summed E-state index contributed by atoms with van der Waals surface area (Å²) < 4.78 is 0. The van der Waals surface area contributed by atoms with Crippen LogP contribution >= 0.6 is 0 Å². The van der Waals surface area contributed by atoms with Crippen LogP contribution in [0.15, 0.2) is 23.3 Å². The van der Waals surface area contributed by atoms with E-state index in [1.165, 1.54) is 17.2 Å². The van der Waals surface area contributed by atoms with E-state index < -0.39 is 0 Å². The van der Waals surface area contributed by atoms with Crippen molar-refractivity contribution in [1.82, 2.24) is 20.6 Å². The number of piperazine rings is 1. The molecule has 0 bridgehead atoms. The Morgan fingerprint density at radius 2 is 2.25 bits per heavy atom. The first-order valence-corrected chi connectivity index (χ1v) is 7.45. The number of benzene rings is 1. The second-order valence-electron chi connectivity index (χ2n) is 5.51. The number of tetrazole rings is 1. The van der Waals surface area contributed by atoms with Crippen molar-refractivity contribution in [1.29, 1.82) is 0 Å². The summed E-state index contributed by atoms with van der Waals surface area (Å²) in [4.78, 5) is 14.5.